The molecule has 0 radical (unpaired) electrons. The Labute approximate surface area is 56.0 Å². The van der Waals surface area contributed by atoms with E-state index in [9.17, 15) is 0 Å². The maximum absolute atomic E-state index is 3.50. The van der Waals surface area contributed by atoms with Gasteiger partial charge in [0.1, 0.15) is 0 Å². The van der Waals surface area contributed by atoms with E-state index >= 15 is 0 Å². The largest absolute Gasteiger partial charge is 0.315 e. The summed E-state index contributed by atoms with van der Waals surface area (Å²) >= 11 is 0. The van der Waals surface area contributed by atoms with E-state index < -0.39 is 0 Å². The summed E-state index contributed by atoms with van der Waals surface area (Å²) in [7, 11) is 0. The predicted molar refractivity (Wildman–Crippen MR) is 37.4 cm³/mol. The third-order valence-corrected chi connectivity index (χ3v) is 2.43. The van der Waals surface area contributed by atoms with Gasteiger partial charge < -0.3 is 10.6 Å². The van der Waals surface area contributed by atoms with Crippen LogP contribution in [0.5, 0.6) is 0 Å². The van der Waals surface area contributed by atoms with E-state index in [1.165, 1.54) is 32.5 Å². The lowest BCUT2D eigenvalue weighted by Crippen LogP contribution is -2.34. The summed E-state index contributed by atoms with van der Waals surface area (Å²) in [6.07, 6.45) is 2.79. The Bertz CT molecular complexity index is 91.1. The first-order valence-corrected chi connectivity index (χ1v) is 3.89. The Kier molecular flexibility index (Phi) is 1.44. The molecule has 2 heterocycles. The summed E-state index contributed by atoms with van der Waals surface area (Å²) in [5.41, 5.74) is 0. The molecule has 0 spiro atoms. The second kappa shape index (κ2) is 2.27. The van der Waals surface area contributed by atoms with Gasteiger partial charge in [0.05, 0.1) is 0 Å². The Morgan fingerprint density at radius 1 is 1.22 bits per heavy atom. The van der Waals surface area contributed by atoms with Crippen LogP contribution < -0.4 is 10.6 Å². The highest BCUT2D eigenvalue weighted by Gasteiger charge is 2.25. The minimum Gasteiger partial charge on any atom is -0.315 e. The van der Waals surface area contributed by atoms with Gasteiger partial charge >= 0.3 is 0 Å². The first kappa shape index (κ1) is 5.69. The van der Waals surface area contributed by atoms with E-state index in [0.717, 1.165) is 12.0 Å². The minimum atomic E-state index is 0.789. The summed E-state index contributed by atoms with van der Waals surface area (Å²) in [5, 5.41) is 6.91. The zero-order chi connectivity index (χ0) is 6.10. The lowest BCUT2D eigenvalue weighted by Gasteiger charge is -2.09. The summed E-state index contributed by atoms with van der Waals surface area (Å²) in [4.78, 5) is 0. The molecule has 0 aromatic heterocycles. The smallest absolute Gasteiger partial charge is 0.0195 e. The summed E-state index contributed by atoms with van der Waals surface area (Å²) in [6.45, 7) is 3.70. The maximum Gasteiger partial charge on any atom is 0.0195 e. The van der Waals surface area contributed by atoms with E-state index in [2.05, 4.69) is 10.6 Å². The number of hydrogen-bond acceptors (Lipinski definition) is 2. The Balaban J connectivity index is 1.99. The molecular formula is C7H14N2. The zero-order valence-electron chi connectivity index (χ0n) is 5.69. The van der Waals surface area contributed by atoms with Crippen molar-refractivity contribution in [1.82, 2.24) is 10.6 Å². The molecule has 2 N–H and O–H groups in total. The van der Waals surface area contributed by atoms with Crippen LogP contribution in [0.2, 0.25) is 0 Å². The van der Waals surface area contributed by atoms with Crippen molar-refractivity contribution in [3.05, 3.63) is 0 Å². The molecule has 2 atom stereocenters. The van der Waals surface area contributed by atoms with Crippen molar-refractivity contribution in [2.24, 2.45) is 5.92 Å². The summed E-state index contributed by atoms with van der Waals surface area (Å²) in [5.74, 6) is 0.977. The molecule has 2 aliphatic rings. The first-order valence-electron chi connectivity index (χ1n) is 3.89. The Hall–Kier alpha value is -0.0800. The molecule has 0 aliphatic carbocycles. The van der Waals surface area contributed by atoms with Crippen molar-refractivity contribution < 1.29 is 0 Å². The van der Waals surface area contributed by atoms with E-state index in [1.807, 2.05) is 0 Å². The molecule has 2 nitrogen and oxygen atoms in total. The standard InChI is InChI=1S/C7H14N2/c1-2-8-5-7-3-6(1)4-9-7/h6-9H,1-5H2. The lowest BCUT2D eigenvalue weighted by atomic mass is 10.0. The van der Waals surface area contributed by atoms with Crippen LogP contribution in [0.25, 0.3) is 0 Å². The summed E-state index contributed by atoms with van der Waals surface area (Å²) in [6, 6.07) is 0.789. The summed E-state index contributed by atoms with van der Waals surface area (Å²) < 4.78 is 0. The molecule has 0 aromatic carbocycles. The first-order chi connectivity index (χ1) is 4.45. The molecule has 2 unspecified atom stereocenters. The number of rotatable bonds is 0. The molecule has 2 aliphatic heterocycles. The molecule has 0 saturated carbocycles. The van der Waals surface area contributed by atoms with Gasteiger partial charge in [0, 0.05) is 12.6 Å². The van der Waals surface area contributed by atoms with E-state index in [1.54, 1.807) is 0 Å². The molecule has 2 rings (SSSR count). The van der Waals surface area contributed by atoms with Gasteiger partial charge in [-0.3, -0.25) is 0 Å². The Morgan fingerprint density at radius 3 is 3.22 bits per heavy atom. The SMILES string of the molecule is C1CC2CNC(CN1)C2. The van der Waals surface area contributed by atoms with Gasteiger partial charge in [-0.25, -0.2) is 0 Å². The number of nitrogens with one attached hydrogen (secondary N) is 2. The van der Waals surface area contributed by atoms with Crippen LogP contribution in [0.15, 0.2) is 0 Å². The predicted octanol–water partition coefficient (Wildman–Crippen LogP) is -0.0422. The fourth-order valence-electron chi connectivity index (χ4n) is 1.86. The van der Waals surface area contributed by atoms with Gasteiger partial charge in [0.25, 0.3) is 0 Å². The van der Waals surface area contributed by atoms with Gasteiger partial charge in [-0.2, -0.15) is 0 Å². The number of fused-ring (bicyclic) bond motifs is 2. The fraction of sp³-hybridized carbons (Fsp3) is 1.00. The van der Waals surface area contributed by atoms with E-state index in [0.29, 0.717) is 0 Å². The van der Waals surface area contributed by atoms with Crippen LogP contribution in [-0.4, -0.2) is 25.7 Å². The highest BCUT2D eigenvalue weighted by molar-refractivity contribution is 4.85. The van der Waals surface area contributed by atoms with Crippen LogP contribution in [0.4, 0.5) is 0 Å². The average molecular weight is 126 g/mol. The highest BCUT2D eigenvalue weighted by Crippen LogP contribution is 2.18. The molecule has 2 heteroatoms. The molecule has 9 heavy (non-hydrogen) atoms. The molecular weight excluding hydrogens is 112 g/mol. The third-order valence-electron chi connectivity index (χ3n) is 2.43. The zero-order valence-corrected chi connectivity index (χ0v) is 5.69. The van der Waals surface area contributed by atoms with Gasteiger partial charge in [-0.1, -0.05) is 0 Å². The van der Waals surface area contributed by atoms with Gasteiger partial charge in [-0.15, -0.1) is 0 Å². The molecule has 2 fully saturated rings. The molecule has 2 saturated heterocycles. The van der Waals surface area contributed by atoms with Crippen molar-refractivity contribution in [3.63, 3.8) is 0 Å². The van der Waals surface area contributed by atoms with Crippen molar-refractivity contribution in [1.29, 1.82) is 0 Å². The second-order valence-corrected chi connectivity index (χ2v) is 3.20. The molecule has 52 valence electrons. The maximum atomic E-state index is 3.50. The van der Waals surface area contributed by atoms with Crippen LogP contribution in [0.1, 0.15) is 12.8 Å². The molecule has 2 bridgehead atoms. The van der Waals surface area contributed by atoms with Gasteiger partial charge in [0.15, 0.2) is 0 Å². The van der Waals surface area contributed by atoms with Crippen LogP contribution in [-0.2, 0) is 0 Å². The van der Waals surface area contributed by atoms with Crippen molar-refractivity contribution in [2.45, 2.75) is 18.9 Å². The normalized spacial score (nSPS) is 42.7. The lowest BCUT2D eigenvalue weighted by molar-refractivity contribution is 0.513. The van der Waals surface area contributed by atoms with Crippen molar-refractivity contribution >= 4 is 0 Å². The fourth-order valence-corrected chi connectivity index (χ4v) is 1.86. The average Bonchev–Trinajstić information content (AvgIpc) is 2.09. The Morgan fingerprint density at radius 2 is 2.22 bits per heavy atom. The van der Waals surface area contributed by atoms with E-state index in [4.69, 9.17) is 0 Å². The second-order valence-electron chi connectivity index (χ2n) is 3.20. The topological polar surface area (TPSA) is 24.1 Å². The third kappa shape index (κ3) is 1.10. The van der Waals surface area contributed by atoms with Crippen LogP contribution >= 0.6 is 0 Å². The minimum absolute atomic E-state index is 0.789. The van der Waals surface area contributed by atoms with Crippen LogP contribution in [0.3, 0.4) is 0 Å². The monoisotopic (exact) mass is 126 g/mol. The highest BCUT2D eigenvalue weighted by atomic mass is 15.0. The van der Waals surface area contributed by atoms with Crippen molar-refractivity contribution in [2.75, 3.05) is 19.6 Å². The molecule has 0 amide bonds. The number of hydrogen-bond donors (Lipinski definition) is 2. The van der Waals surface area contributed by atoms with Gasteiger partial charge in [-0.05, 0) is 31.8 Å². The van der Waals surface area contributed by atoms with Crippen molar-refractivity contribution in [3.8, 4) is 0 Å². The van der Waals surface area contributed by atoms with Gasteiger partial charge in [0.2, 0.25) is 0 Å². The van der Waals surface area contributed by atoms with Crippen LogP contribution in [0, 0.1) is 5.92 Å². The molecule has 0 aromatic rings. The quantitative estimate of drug-likeness (QED) is 0.476. The van der Waals surface area contributed by atoms with E-state index in [-0.39, 0.29) is 0 Å².